The lowest BCUT2D eigenvalue weighted by Crippen LogP contribution is -2.30. The summed E-state index contributed by atoms with van der Waals surface area (Å²) in [5, 5.41) is 13.1. The Morgan fingerprint density at radius 2 is 1.36 bits per heavy atom. The molecule has 1 N–H and O–H groups in total. The summed E-state index contributed by atoms with van der Waals surface area (Å²) in [7, 11) is 0. The van der Waals surface area contributed by atoms with Gasteiger partial charge in [0.25, 0.3) is 5.56 Å². The molecule has 0 saturated carbocycles. The molecule has 1 aromatic heterocycles. The van der Waals surface area contributed by atoms with Crippen molar-refractivity contribution >= 4 is 22.7 Å². The Labute approximate surface area is 298 Å². The van der Waals surface area contributed by atoms with Crippen LogP contribution < -0.4 is 20.3 Å². The van der Waals surface area contributed by atoms with Crippen LogP contribution in [0.4, 0.5) is 5.82 Å². The highest BCUT2D eigenvalue weighted by Crippen LogP contribution is 2.34. The van der Waals surface area contributed by atoms with Crippen LogP contribution in [-0.2, 0) is 6.54 Å². The van der Waals surface area contributed by atoms with E-state index in [0.717, 1.165) is 24.0 Å². The number of nitriles is 1. The number of hydrogen-bond donors (Lipinski definition) is 1. The fraction of sp³-hybridized carbons (Fsp3) is 0.524. The van der Waals surface area contributed by atoms with E-state index >= 15 is 0 Å². The van der Waals surface area contributed by atoms with Gasteiger partial charge >= 0.3 is 0 Å². The van der Waals surface area contributed by atoms with E-state index in [4.69, 9.17) is 9.47 Å². The zero-order valence-electron chi connectivity index (χ0n) is 30.5. The molecule has 1 aliphatic rings. The van der Waals surface area contributed by atoms with Gasteiger partial charge in [0.2, 0.25) is 0 Å². The topological polar surface area (TPSA) is 106 Å². The Morgan fingerprint density at radius 3 is 1.92 bits per heavy atom. The standard InChI is InChI=1S/C42H56N4O4/c1-4-5-6-7-8-9-10-11-12-13-14-15-16-17-18-23-28-49-37-26-21-22-27-38(37)50-31-44-40-39(33(3)47)42(48)46-30-36(35(29-43)41(46)45-40)34-25-20-19-24-32(34)2/h19-22,24-27,44H,4-18,23,28,30-31H2,1-3H3. The number of ketones is 1. The lowest BCUT2D eigenvalue weighted by molar-refractivity contribution is 0.101. The zero-order chi connectivity index (χ0) is 35.6. The molecule has 0 bridgehead atoms. The number of carbonyl (C=O) groups excluding carboxylic acids is 1. The van der Waals surface area contributed by atoms with Gasteiger partial charge in [-0.1, -0.05) is 140 Å². The van der Waals surface area contributed by atoms with E-state index in [2.05, 4.69) is 23.3 Å². The van der Waals surface area contributed by atoms with Gasteiger partial charge in [-0.3, -0.25) is 14.2 Å². The van der Waals surface area contributed by atoms with Gasteiger partial charge in [0.1, 0.15) is 23.0 Å². The number of Topliss-reactive ketones (excluding diaryl/α,β-unsaturated/α-hetero) is 1. The van der Waals surface area contributed by atoms with E-state index in [1.807, 2.05) is 55.5 Å². The SMILES string of the molecule is CCCCCCCCCCCCCCCCCCOc1ccccc1OCNc1nc2n(c(=O)c1C(C)=O)CC(c1ccccc1C)=C2C#N. The third kappa shape index (κ3) is 11.1. The van der Waals surface area contributed by atoms with Crippen molar-refractivity contribution in [2.24, 2.45) is 0 Å². The van der Waals surface area contributed by atoms with Crippen LogP contribution in [0.3, 0.4) is 0 Å². The molecule has 8 heteroatoms. The van der Waals surface area contributed by atoms with Gasteiger partial charge in [-0.2, -0.15) is 5.26 Å². The first kappa shape index (κ1) is 38.4. The van der Waals surface area contributed by atoms with E-state index in [9.17, 15) is 14.9 Å². The fourth-order valence-corrected chi connectivity index (χ4v) is 6.66. The number of carbonyl (C=O) groups is 1. The minimum Gasteiger partial charge on any atom is -0.490 e. The van der Waals surface area contributed by atoms with Crippen molar-refractivity contribution < 1.29 is 14.3 Å². The van der Waals surface area contributed by atoms with E-state index in [-0.39, 0.29) is 30.5 Å². The number of para-hydroxylation sites is 2. The number of unbranched alkanes of at least 4 members (excludes halogenated alkanes) is 15. The maximum Gasteiger partial charge on any atom is 0.267 e. The summed E-state index contributed by atoms with van der Waals surface area (Å²) in [5.74, 6) is 1.12. The molecular weight excluding hydrogens is 624 g/mol. The third-order valence-electron chi connectivity index (χ3n) is 9.52. The number of fused-ring (bicyclic) bond motifs is 1. The number of aryl methyl sites for hydroxylation is 1. The molecule has 1 aliphatic heterocycles. The normalized spacial score (nSPS) is 12.1. The van der Waals surface area contributed by atoms with Crippen molar-refractivity contribution in [3.8, 4) is 17.6 Å². The van der Waals surface area contributed by atoms with Gasteiger partial charge in [-0.25, -0.2) is 4.98 Å². The lowest BCUT2D eigenvalue weighted by Gasteiger charge is -2.15. The van der Waals surface area contributed by atoms with Crippen LogP contribution in [0.5, 0.6) is 11.5 Å². The van der Waals surface area contributed by atoms with Gasteiger partial charge < -0.3 is 14.8 Å². The third-order valence-corrected chi connectivity index (χ3v) is 9.52. The Kier molecular flexibility index (Phi) is 16.1. The Bertz CT molecular complexity index is 1670. The van der Waals surface area contributed by atoms with E-state index < -0.39 is 11.3 Å². The van der Waals surface area contributed by atoms with Crippen molar-refractivity contribution in [3.05, 3.63) is 81.4 Å². The number of allylic oxidation sites excluding steroid dienone is 2. The number of aromatic nitrogens is 2. The smallest absolute Gasteiger partial charge is 0.267 e. The van der Waals surface area contributed by atoms with Crippen LogP contribution >= 0.6 is 0 Å². The minimum atomic E-state index is -0.483. The van der Waals surface area contributed by atoms with E-state index in [1.165, 1.54) is 101 Å². The summed E-state index contributed by atoms with van der Waals surface area (Å²) in [6.45, 7) is 6.31. The summed E-state index contributed by atoms with van der Waals surface area (Å²) in [6.07, 6.45) is 21.2. The second-order valence-corrected chi connectivity index (χ2v) is 13.5. The average Bonchev–Trinajstić information content (AvgIpc) is 3.48. The number of anilines is 1. The molecule has 0 spiro atoms. The second-order valence-electron chi connectivity index (χ2n) is 13.5. The number of rotatable bonds is 24. The zero-order valence-corrected chi connectivity index (χ0v) is 30.5. The monoisotopic (exact) mass is 680 g/mol. The molecule has 50 heavy (non-hydrogen) atoms. The van der Waals surface area contributed by atoms with Crippen LogP contribution in [0.15, 0.2) is 53.3 Å². The van der Waals surface area contributed by atoms with Gasteiger partial charge in [0, 0.05) is 5.57 Å². The first-order valence-electron chi connectivity index (χ1n) is 18.9. The first-order valence-corrected chi connectivity index (χ1v) is 18.9. The Morgan fingerprint density at radius 1 is 0.820 bits per heavy atom. The van der Waals surface area contributed by atoms with Crippen molar-refractivity contribution in [2.75, 3.05) is 18.7 Å². The number of nitrogens with one attached hydrogen (secondary N) is 1. The Balaban J connectivity index is 1.20. The fourth-order valence-electron chi connectivity index (χ4n) is 6.66. The lowest BCUT2D eigenvalue weighted by atomic mass is 9.98. The van der Waals surface area contributed by atoms with E-state index in [0.29, 0.717) is 29.3 Å². The van der Waals surface area contributed by atoms with Crippen molar-refractivity contribution in [1.29, 1.82) is 5.26 Å². The molecule has 0 unspecified atom stereocenters. The molecule has 4 rings (SSSR count). The van der Waals surface area contributed by atoms with Crippen LogP contribution in [0.2, 0.25) is 0 Å². The van der Waals surface area contributed by atoms with Gasteiger partial charge in [-0.05, 0) is 43.5 Å². The molecule has 2 aromatic carbocycles. The maximum absolute atomic E-state index is 13.5. The van der Waals surface area contributed by atoms with Gasteiger partial charge in [-0.15, -0.1) is 0 Å². The molecule has 0 amide bonds. The summed E-state index contributed by atoms with van der Waals surface area (Å²) in [5.41, 5.74) is 2.37. The summed E-state index contributed by atoms with van der Waals surface area (Å²) in [6, 6.07) is 17.4. The van der Waals surface area contributed by atoms with Gasteiger partial charge in [0.05, 0.1) is 13.2 Å². The molecule has 2 heterocycles. The van der Waals surface area contributed by atoms with Crippen LogP contribution in [-0.4, -0.2) is 28.7 Å². The highest BCUT2D eigenvalue weighted by molar-refractivity contribution is 6.01. The van der Waals surface area contributed by atoms with Gasteiger partial charge in [0.15, 0.2) is 29.8 Å². The first-order chi connectivity index (χ1) is 24.5. The predicted octanol–water partition coefficient (Wildman–Crippen LogP) is 10.3. The highest BCUT2D eigenvalue weighted by Gasteiger charge is 2.30. The number of nitrogens with zero attached hydrogens (tertiary/aromatic N) is 3. The molecule has 0 atom stereocenters. The van der Waals surface area contributed by atoms with Crippen LogP contribution in [0.25, 0.3) is 11.1 Å². The number of benzene rings is 2. The summed E-state index contributed by atoms with van der Waals surface area (Å²) < 4.78 is 13.5. The predicted molar refractivity (Wildman–Crippen MR) is 203 cm³/mol. The maximum atomic E-state index is 13.5. The molecular formula is C42H56N4O4. The van der Waals surface area contributed by atoms with Crippen molar-refractivity contribution in [1.82, 2.24) is 9.55 Å². The Hall–Kier alpha value is -4.38. The second kappa shape index (κ2) is 21.0. The summed E-state index contributed by atoms with van der Waals surface area (Å²) in [4.78, 5) is 30.8. The molecule has 3 aromatic rings. The average molecular weight is 681 g/mol. The quantitative estimate of drug-likeness (QED) is 0.0570. The largest absolute Gasteiger partial charge is 0.490 e. The van der Waals surface area contributed by atoms with E-state index in [1.54, 1.807) is 0 Å². The molecule has 0 fully saturated rings. The minimum absolute atomic E-state index is 0.0498. The molecule has 0 saturated heterocycles. The molecule has 8 nitrogen and oxygen atoms in total. The molecule has 268 valence electrons. The van der Waals surface area contributed by atoms with Crippen molar-refractivity contribution in [3.63, 3.8) is 0 Å². The number of hydrogen-bond acceptors (Lipinski definition) is 7. The molecule has 0 radical (unpaired) electrons. The van der Waals surface area contributed by atoms with Crippen LogP contribution in [0, 0.1) is 18.3 Å². The highest BCUT2D eigenvalue weighted by atomic mass is 16.5. The number of ether oxygens (including phenoxy) is 2. The molecule has 0 aliphatic carbocycles. The summed E-state index contributed by atoms with van der Waals surface area (Å²) >= 11 is 0. The van der Waals surface area contributed by atoms with Crippen LogP contribution in [0.1, 0.15) is 144 Å². The van der Waals surface area contributed by atoms with Crippen molar-refractivity contribution in [2.45, 2.75) is 130 Å².